The monoisotopic (exact) mass is 844 g/mol. The van der Waals surface area contributed by atoms with Gasteiger partial charge in [0.05, 0.1) is 49.3 Å². The summed E-state index contributed by atoms with van der Waals surface area (Å²) in [6, 6.07) is 0. The van der Waals surface area contributed by atoms with Crippen LogP contribution in [0.3, 0.4) is 0 Å². The van der Waals surface area contributed by atoms with Crippen LogP contribution in [0.15, 0.2) is 59.3 Å². The van der Waals surface area contributed by atoms with Gasteiger partial charge in [0.1, 0.15) is 42.0 Å². The number of carbonyl (C=O) groups excluding carboxylic acids is 1. The molecule has 0 aromatic carbocycles. The number of hydrogen-bond acceptors (Lipinski definition) is 14. The number of ether oxygens (including phenoxy) is 10. The average molecular weight is 845 g/mol. The number of hydrogen-bond donors (Lipinski definition) is 3. The zero-order valence-corrected chi connectivity index (χ0v) is 36.6. The van der Waals surface area contributed by atoms with E-state index in [9.17, 15) is 20.1 Å². The van der Waals surface area contributed by atoms with E-state index >= 15 is 0 Å². The van der Waals surface area contributed by atoms with Crippen LogP contribution in [0.4, 0.5) is 0 Å². The van der Waals surface area contributed by atoms with Gasteiger partial charge < -0.3 is 62.7 Å². The highest BCUT2D eigenvalue weighted by Gasteiger charge is 2.60. The first-order chi connectivity index (χ1) is 28.6. The molecular weight excluding hydrogens is 776 g/mol. The van der Waals surface area contributed by atoms with Crippen LogP contribution in [0.1, 0.15) is 87.0 Å². The van der Waals surface area contributed by atoms with Gasteiger partial charge >= 0.3 is 5.97 Å². The van der Waals surface area contributed by atoms with Crippen molar-refractivity contribution in [2.24, 2.45) is 17.8 Å². The molecule has 19 atom stereocenters. The molecule has 0 aromatic heterocycles. The Labute approximate surface area is 354 Å². The van der Waals surface area contributed by atoms with E-state index in [1.807, 2.05) is 32.1 Å². The number of carbonyl (C=O) groups is 1. The Bertz CT molecular complexity index is 1670. The van der Waals surface area contributed by atoms with E-state index in [2.05, 4.69) is 32.9 Å². The Morgan fingerprint density at radius 3 is 2.32 bits per heavy atom. The van der Waals surface area contributed by atoms with Gasteiger partial charge in [-0.05, 0) is 63.3 Å². The molecule has 6 heterocycles. The Morgan fingerprint density at radius 1 is 0.867 bits per heavy atom. The van der Waals surface area contributed by atoms with Crippen LogP contribution in [0, 0.1) is 17.8 Å². The van der Waals surface area contributed by atoms with Gasteiger partial charge in [0.25, 0.3) is 0 Å². The Morgan fingerprint density at radius 2 is 1.58 bits per heavy atom. The summed E-state index contributed by atoms with van der Waals surface area (Å²) in [6.07, 6.45) is 8.40. The SMILES string of the molecule is CC[C@@H]1O[C@]2(C=C[C@@H]1C)C[C@H]1C[C@H](C/C=C(\C)[C@@H](O[C@@H]3C[C@H](OC)[C@H](O[C@@H]4C[C@H](OC)[C@H](O)[C@H](C)O4)[C@H](C)O3)[C@@H](C)/C=C/C=C3CO[C@@H]4[C@@H](O)C(C)=C[C@@H](C(=O)O1)[C@]34O)O2. The number of esters is 1. The maximum absolute atomic E-state index is 14.2. The Balaban J connectivity index is 1.17. The van der Waals surface area contributed by atoms with Crippen LogP contribution >= 0.6 is 0 Å². The van der Waals surface area contributed by atoms with Crippen molar-refractivity contribution in [2.75, 3.05) is 20.8 Å². The van der Waals surface area contributed by atoms with E-state index < -0.39 is 90.8 Å². The molecule has 0 saturated carbocycles. The molecule has 4 saturated heterocycles. The fourth-order valence-corrected chi connectivity index (χ4v) is 10.2. The van der Waals surface area contributed by atoms with E-state index in [-0.39, 0.29) is 36.8 Å². The molecule has 14 nitrogen and oxygen atoms in total. The summed E-state index contributed by atoms with van der Waals surface area (Å²) < 4.78 is 63.2. The molecule has 1 aliphatic carbocycles. The van der Waals surface area contributed by atoms with Gasteiger partial charge in [-0.2, -0.15) is 0 Å². The molecule has 2 bridgehead atoms. The molecule has 336 valence electrons. The van der Waals surface area contributed by atoms with Crippen molar-refractivity contribution in [3.8, 4) is 0 Å². The van der Waals surface area contributed by atoms with Crippen molar-refractivity contribution in [1.82, 2.24) is 0 Å². The maximum atomic E-state index is 14.2. The lowest BCUT2D eigenvalue weighted by Crippen LogP contribution is -2.58. The summed E-state index contributed by atoms with van der Waals surface area (Å²) >= 11 is 0. The van der Waals surface area contributed by atoms with Gasteiger partial charge in [-0.25, -0.2) is 0 Å². The second kappa shape index (κ2) is 18.8. The molecule has 3 N–H and O–H groups in total. The minimum atomic E-state index is -1.83. The summed E-state index contributed by atoms with van der Waals surface area (Å²) in [5, 5.41) is 34.1. The maximum Gasteiger partial charge on any atom is 0.316 e. The molecule has 0 unspecified atom stereocenters. The minimum absolute atomic E-state index is 0.0331. The average Bonchev–Trinajstić information content (AvgIpc) is 3.56. The van der Waals surface area contributed by atoms with Crippen molar-refractivity contribution in [1.29, 1.82) is 0 Å². The van der Waals surface area contributed by atoms with Crippen molar-refractivity contribution in [2.45, 2.75) is 184 Å². The smallest absolute Gasteiger partial charge is 0.316 e. The summed E-state index contributed by atoms with van der Waals surface area (Å²) in [6.45, 7) is 13.8. The molecule has 14 heteroatoms. The minimum Gasteiger partial charge on any atom is -0.462 e. The highest BCUT2D eigenvalue weighted by molar-refractivity contribution is 5.78. The van der Waals surface area contributed by atoms with E-state index in [4.69, 9.17) is 47.4 Å². The van der Waals surface area contributed by atoms with Crippen molar-refractivity contribution < 1.29 is 67.5 Å². The van der Waals surface area contributed by atoms with Crippen LogP contribution < -0.4 is 0 Å². The van der Waals surface area contributed by atoms with Crippen LogP contribution in [0.2, 0.25) is 0 Å². The second-order valence-electron chi connectivity index (χ2n) is 18.1. The largest absolute Gasteiger partial charge is 0.462 e. The van der Waals surface area contributed by atoms with E-state index in [0.717, 1.165) is 12.0 Å². The Kier molecular flexibility index (Phi) is 14.3. The molecule has 0 amide bonds. The first-order valence-electron chi connectivity index (χ1n) is 21.9. The fraction of sp³-hybridized carbons (Fsp3) is 0.761. The third-order valence-corrected chi connectivity index (χ3v) is 13.8. The molecule has 6 aliphatic heterocycles. The molecule has 4 fully saturated rings. The van der Waals surface area contributed by atoms with Crippen molar-refractivity contribution in [3.05, 3.63) is 59.3 Å². The standard InChI is InChI=1S/C46H68O14/c1-10-34-24(2)16-17-45(60-34)22-32-19-31(59-45)15-14-26(4)41(25(3)12-11-13-30-23-53-43-39(47)27(5)18-33(44(49)56-32)46(30,43)50)57-38-21-36(52-9)42(29(7)55-38)58-37-20-35(51-8)40(48)28(6)54-37/h11-14,16-18,24-25,28-29,31-43,47-48,50H,10,15,19-23H2,1-9H3/b12-11+,26-14+,30-13?/t24-,25-,28-,29-,31-,32+,33-,34-,35-,36-,37+,38+,39-,40+,41-,42+,43+,45+,46+/m0/s1. The lowest BCUT2D eigenvalue weighted by atomic mass is 9.71. The van der Waals surface area contributed by atoms with E-state index in [1.54, 1.807) is 40.2 Å². The highest BCUT2D eigenvalue weighted by atomic mass is 16.7. The number of allylic oxidation sites excluding steroid dienone is 2. The normalized spacial score (nSPS) is 49.0. The van der Waals surface area contributed by atoms with Gasteiger partial charge in [-0.1, -0.05) is 57.2 Å². The van der Waals surface area contributed by atoms with Gasteiger partial charge in [-0.3, -0.25) is 4.79 Å². The number of methoxy groups -OCH3 is 2. The quantitative estimate of drug-likeness (QED) is 0.237. The number of aliphatic hydroxyl groups excluding tert-OH is 2. The van der Waals surface area contributed by atoms with E-state index in [1.165, 1.54) is 0 Å². The van der Waals surface area contributed by atoms with Gasteiger partial charge in [0, 0.05) is 51.7 Å². The molecule has 7 rings (SSSR count). The van der Waals surface area contributed by atoms with E-state index in [0.29, 0.717) is 43.3 Å². The lowest BCUT2D eigenvalue weighted by Gasteiger charge is -2.47. The topological polar surface area (TPSA) is 170 Å². The van der Waals surface area contributed by atoms with Crippen LogP contribution in [-0.4, -0.2) is 139 Å². The molecule has 7 aliphatic rings. The van der Waals surface area contributed by atoms with Crippen molar-refractivity contribution in [3.63, 3.8) is 0 Å². The summed E-state index contributed by atoms with van der Waals surface area (Å²) in [5.74, 6) is -2.78. The predicted octanol–water partition coefficient (Wildman–Crippen LogP) is 4.74. The number of rotatable bonds is 7. The number of aliphatic hydroxyl groups is 3. The van der Waals surface area contributed by atoms with Gasteiger partial charge in [0.15, 0.2) is 18.4 Å². The third kappa shape index (κ3) is 9.18. The summed E-state index contributed by atoms with van der Waals surface area (Å²) in [4.78, 5) is 14.2. The first kappa shape index (κ1) is 45.7. The van der Waals surface area contributed by atoms with Crippen LogP contribution in [0.25, 0.3) is 0 Å². The fourth-order valence-electron chi connectivity index (χ4n) is 10.2. The summed E-state index contributed by atoms with van der Waals surface area (Å²) in [7, 11) is 3.22. The zero-order valence-electron chi connectivity index (χ0n) is 36.6. The molecular formula is C46H68O14. The highest BCUT2D eigenvalue weighted by Crippen LogP contribution is 2.47. The summed E-state index contributed by atoms with van der Waals surface area (Å²) in [5.41, 5.74) is 0.137. The molecule has 0 aromatic rings. The first-order valence-corrected chi connectivity index (χ1v) is 21.9. The Hall–Kier alpha value is -2.31. The number of fused-ring (bicyclic) bond motifs is 2. The van der Waals surface area contributed by atoms with Crippen LogP contribution in [0.5, 0.6) is 0 Å². The van der Waals surface area contributed by atoms with Gasteiger partial charge in [0.2, 0.25) is 0 Å². The molecule has 1 spiro atoms. The second-order valence-corrected chi connectivity index (χ2v) is 18.1. The zero-order chi connectivity index (χ0) is 43.1. The third-order valence-electron chi connectivity index (χ3n) is 13.8. The molecule has 60 heavy (non-hydrogen) atoms. The van der Waals surface area contributed by atoms with Crippen molar-refractivity contribution >= 4 is 5.97 Å². The molecule has 0 radical (unpaired) electrons. The predicted molar refractivity (Wildman–Crippen MR) is 218 cm³/mol. The van der Waals surface area contributed by atoms with Gasteiger partial charge in [-0.15, -0.1) is 0 Å². The van der Waals surface area contributed by atoms with Crippen LogP contribution in [-0.2, 0) is 52.2 Å². The lowest BCUT2D eigenvalue weighted by molar-refractivity contribution is -0.318.